The molecule has 4 amide bonds. The summed E-state index contributed by atoms with van der Waals surface area (Å²) in [6.45, 7) is 2.03. The van der Waals surface area contributed by atoms with Crippen LogP contribution in [0.1, 0.15) is 31.7 Å². The third kappa shape index (κ3) is 5.12. The summed E-state index contributed by atoms with van der Waals surface area (Å²) >= 11 is 0. The van der Waals surface area contributed by atoms with Crippen LogP contribution in [-0.4, -0.2) is 69.3 Å². The number of urea groups is 1. The quantitative estimate of drug-likeness (QED) is 0.500. The van der Waals surface area contributed by atoms with E-state index in [4.69, 9.17) is 9.47 Å². The van der Waals surface area contributed by atoms with E-state index < -0.39 is 40.0 Å². The van der Waals surface area contributed by atoms with Crippen molar-refractivity contribution in [3.8, 4) is 11.5 Å². The number of sulfonamides is 1. The number of methoxy groups -OCH3 is 2. The Kier molecular flexibility index (Phi) is 7.42. The van der Waals surface area contributed by atoms with Crippen molar-refractivity contribution in [1.82, 2.24) is 14.5 Å². The predicted molar refractivity (Wildman–Crippen MR) is 135 cm³/mol. The molecular formula is C25H30N4O7S. The number of anilines is 1. The lowest BCUT2D eigenvalue weighted by Crippen LogP contribution is -2.42. The van der Waals surface area contributed by atoms with Crippen molar-refractivity contribution in [2.24, 2.45) is 0 Å². The van der Waals surface area contributed by atoms with Crippen LogP contribution in [0.3, 0.4) is 0 Å². The first kappa shape index (κ1) is 26.4. The zero-order valence-corrected chi connectivity index (χ0v) is 21.8. The molecule has 2 N–H and O–H groups in total. The first-order chi connectivity index (χ1) is 17.6. The number of ether oxygens (including phenoxy) is 2. The maximum atomic E-state index is 13.2. The van der Waals surface area contributed by atoms with Gasteiger partial charge in [-0.1, -0.05) is 12.5 Å². The van der Waals surface area contributed by atoms with Crippen molar-refractivity contribution in [1.29, 1.82) is 0 Å². The summed E-state index contributed by atoms with van der Waals surface area (Å²) in [7, 11) is -0.638. The number of amides is 4. The lowest BCUT2D eigenvalue weighted by atomic mass is 9.91. The normalized spacial score (nSPS) is 20.5. The molecule has 0 aliphatic carbocycles. The predicted octanol–water partition coefficient (Wildman–Crippen LogP) is 2.28. The van der Waals surface area contributed by atoms with Crippen molar-refractivity contribution in [2.45, 2.75) is 36.6 Å². The number of benzene rings is 2. The number of nitrogens with zero attached hydrogens (tertiary/aromatic N) is 2. The van der Waals surface area contributed by atoms with Crippen LogP contribution in [0.2, 0.25) is 0 Å². The zero-order valence-electron chi connectivity index (χ0n) is 20.9. The van der Waals surface area contributed by atoms with Gasteiger partial charge in [0.2, 0.25) is 15.9 Å². The summed E-state index contributed by atoms with van der Waals surface area (Å²) in [5.74, 6) is -0.336. The Morgan fingerprint density at radius 1 is 1.00 bits per heavy atom. The topological polar surface area (TPSA) is 134 Å². The van der Waals surface area contributed by atoms with Crippen molar-refractivity contribution >= 4 is 33.6 Å². The van der Waals surface area contributed by atoms with Crippen LogP contribution < -0.4 is 20.1 Å². The minimum atomic E-state index is -3.59. The molecule has 12 heteroatoms. The van der Waals surface area contributed by atoms with Gasteiger partial charge in [0.1, 0.15) is 12.1 Å². The molecule has 1 unspecified atom stereocenters. The van der Waals surface area contributed by atoms with Gasteiger partial charge in [-0.05, 0) is 61.7 Å². The molecule has 11 nitrogen and oxygen atoms in total. The lowest BCUT2D eigenvalue weighted by Gasteiger charge is -2.25. The molecule has 0 radical (unpaired) electrons. The number of hydrogen-bond donors (Lipinski definition) is 2. The van der Waals surface area contributed by atoms with Crippen molar-refractivity contribution < 1.29 is 32.3 Å². The molecular weight excluding hydrogens is 500 g/mol. The van der Waals surface area contributed by atoms with E-state index in [1.54, 1.807) is 25.1 Å². The standard InChI is InChI=1S/C25H30N4O7S/c1-25(17-7-12-20(35-2)21(15-17)36-3)23(31)29(24(32)27-25)16-22(30)26-18-8-10-19(11-9-18)37(33,34)28-13-5-4-6-14-28/h7-12,15H,4-6,13-14,16H2,1-3H3,(H,26,30)(H,27,32). The summed E-state index contributed by atoms with van der Waals surface area (Å²) in [5, 5.41) is 5.26. The van der Waals surface area contributed by atoms with Crippen LogP contribution in [0.4, 0.5) is 10.5 Å². The molecule has 1 atom stereocenters. The minimum Gasteiger partial charge on any atom is -0.493 e. The molecule has 2 aliphatic rings. The molecule has 198 valence electrons. The van der Waals surface area contributed by atoms with Crippen LogP contribution in [-0.2, 0) is 25.2 Å². The lowest BCUT2D eigenvalue weighted by molar-refractivity contribution is -0.133. The maximum absolute atomic E-state index is 13.2. The third-order valence-corrected chi connectivity index (χ3v) is 8.54. The molecule has 2 aliphatic heterocycles. The van der Waals surface area contributed by atoms with E-state index in [2.05, 4.69) is 10.6 Å². The fourth-order valence-corrected chi connectivity index (χ4v) is 6.01. The Balaban J connectivity index is 1.43. The van der Waals surface area contributed by atoms with Crippen molar-refractivity contribution in [3.05, 3.63) is 48.0 Å². The van der Waals surface area contributed by atoms with Gasteiger partial charge < -0.3 is 20.1 Å². The van der Waals surface area contributed by atoms with Crippen LogP contribution in [0.25, 0.3) is 0 Å². The first-order valence-electron chi connectivity index (χ1n) is 11.9. The molecule has 2 aromatic rings. The molecule has 4 rings (SSSR count). The van der Waals surface area contributed by atoms with Gasteiger partial charge in [-0.15, -0.1) is 0 Å². The van der Waals surface area contributed by atoms with Crippen molar-refractivity contribution in [2.75, 3.05) is 39.2 Å². The summed E-state index contributed by atoms with van der Waals surface area (Å²) in [4.78, 5) is 39.5. The SMILES string of the molecule is COc1ccc(C2(C)NC(=O)N(CC(=O)Nc3ccc(S(=O)(=O)N4CCCCC4)cc3)C2=O)cc1OC. The maximum Gasteiger partial charge on any atom is 0.325 e. The minimum absolute atomic E-state index is 0.146. The summed E-state index contributed by atoms with van der Waals surface area (Å²) in [5.41, 5.74) is -0.587. The van der Waals surface area contributed by atoms with Gasteiger partial charge in [-0.25, -0.2) is 13.2 Å². The average molecular weight is 531 g/mol. The fourth-order valence-electron chi connectivity index (χ4n) is 4.49. The molecule has 2 heterocycles. The number of carbonyl (C=O) groups is 3. The highest BCUT2D eigenvalue weighted by molar-refractivity contribution is 7.89. The second kappa shape index (κ2) is 10.4. The third-order valence-electron chi connectivity index (χ3n) is 6.63. The zero-order chi connectivity index (χ0) is 26.8. The molecule has 2 fully saturated rings. The number of imide groups is 1. The fraction of sp³-hybridized carbons (Fsp3) is 0.400. The highest BCUT2D eigenvalue weighted by Gasteiger charge is 2.49. The van der Waals surface area contributed by atoms with Crippen LogP contribution in [0.15, 0.2) is 47.4 Å². The van der Waals surface area contributed by atoms with Crippen LogP contribution in [0.5, 0.6) is 11.5 Å². The van der Waals surface area contributed by atoms with E-state index in [1.807, 2.05) is 0 Å². The Morgan fingerprint density at radius 2 is 1.65 bits per heavy atom. The Labute approximate surface area is 215 Å². The van der Waals surface area contributed by atoms with Crippen LogP contribution in [0, 0.1) is 0 Å². The number of piperidine rings is 1. The van der Waals surface area contributed by atoms with E-state index in [1.165, 1.54) is 42.8 Å². The molecule has 0 saturated carbocycles. The average Bonchev–Trinajstić information content (AvgIpc) is 3.12. The Bertz CT molecular complexity index is 1310. The van der Waals surface area contributed by atoms with Crippen LogP contribution >= 0.6 is 0 Å². The summed E-state index contributed by atoms with van der Waals surface area (Å²) in [6, 6.07) is 9.98. The first-order valence-corrected chi connectivity index (χ1v) is 13.3. The molecule has 0 bridgehead atoms. The van der Waals surface area contributed by atoms with Gasteiger partial charge >= 0.3 is 6.03 Å². The molecule has 2 aromatic carbocycles. The second-order valence-corrected chi connectivity index (χ2v) is 11.0. The van der Waals surface area contributed by atoms with Gasteiger partial charge in [-0.2, -0.15) is 4.31 Å². The summed E-state index contributed by atoms with van der Waals surface area (Å²) < 4.78 is 37.6. The van der Waals surface area contributed by atoms with Gasteiger partial charge in [0.15, 0.2) is 11.5 Å². The molecule has 0 spiro atoms. The smallest absolute Gasteiger partial charge is 0.325 e. The van der Waals surface area contributed by atoms with Gasteiger partial charge in [-0.3, -0.25) is 14.5 Å². The molecule has 37 heavy (non-hydrogen) atoms. The second-order valence-electron chi connectivity index (χ2n) is 9.05. The summed E-state index contributed by atoms with van der Waals surface area (Å²) in [6.07, 6.45) is 2.68. The number of hydrogen-bond acceptors (Lipinski definition) is 7. The highest BCUT2D eigenvalue weighted by Crippen LogP contribution is 2.35. The molecule has 2 saturated heterocycles. The molecule has 0 aromatic heterocycles. The number of nitrogens with one attached hydrogen (secondary N) is 2. The highest BCUT2D eigenvalue weighted by atomic mass is 32.2. The van der Waals surface area contributed by atoms with Crippen molar-refractivity contribution in [3.63, 3.8) is 0 Å². The Morgan fingerprint density at radius 3 is 2.27 bits per heavy atom. The largest absolute Gasteiger partial charge is 0.493 e. The van der Waals surface area contributed by atoms with Gasteiger partial charge in [0, 0.05) is 18.8 Å². The Hall–Kier alpha value is -3.64. The van der Waals surface area contributed by atoms with E-state index in [0.29, 0.717) is 35.8 Å². The number of carbonyl (C=O) groups excluding carboxylic acids is 3. The van der Waals surface area contributed by atoms with Gasteiger partial charge in [0.25, 0.3) is 5.91 Å². The van der Waals surface area contributed by atoms with E-state index in [9.17, 15) is 22.8 Å². The van der Waals surface area contributed by atoms with E-state index in [-0.39, 0.29) is 4.90 Å². The van der Waals surface area contributed by atoms with E-state index in [0.717, 1.165) is 24.2 Å². The van der Waals surface area contributed by atoms with Gasteiger partial charge in [0.05, 0.1) is 19.1 Å². The monoisotopic (exact) mass is 530 g/mol. The number of rotatable bonds is 8. The van der Waals surface area contributed by atoms with E-state index >= 15 is 0 Å².